The molecule has 3 aromatic heterocycles. The van der Waals surface area contributed by atoms with E-state index in [9.17, 15) is 4.79 Å². The molecule has 0 aliphatic rings. The molecular weight excluding hydrogens is 294 g/mol. The first-order chi connectivity index (χ1) is 10.9. The van der Waals surface area contributed by atoms with E-state index in [0.717, 1.165) is 0 Å². The molecule has 0 radical (unpaired) electrons. The zero-order valence-electron chi connectivity index (χ0n) is 13.3. The molecule has 23 heavy (non-hydrogen) atoms. The molecule has 0 bridgehead atoms. The summed E-state index contributed by atoms with van der Waals surface area (Å²) in [5.74, 6) is -0.151. The number of rotatable bonds is 4. The SMILES string of the molecule is CC(C)(C)[C@H](Cn1ccnc1)NC(=O)c1ccc2nnnn2c1. The van der Waals surface area contributed by atoms with Gasteiger partial charge in [0.25, 0.3) is 5.91 Å². The number of carbonyl (C=O) groups is 1. The molecule has 3 aromatic rings. The minimum atomic E-state index is -0.151. The van der Waals surface area contributed by atoms with E-state index >= 15 is 0 Å². The molecule has 0 unspecified atom stereocenters. The van der Waals surface area contributed by atoms with Crippen LogP contribution in [-0.4, -0.2) is 41.5 Å². The molecule has 0 aliphatic carbocycles. The molecule has 8 nitrogen and oxygen atoms in total. The first-order valence-electron chi connectivity index (χ1n) is 7.38. The van der Waals surface area contributed by atoms with E-state index in [0.29, 0.717) is 17.8 Å². The molecule has 0 aliphatic heterocycles. The lowest BCUT2D eigenvalue weighted by atomic mass is 9.86. The molecule has 1 N–H and O–H groups in total. The van der Waals surface area contributed by atoms with Crippen LogP contribution in [0.15, 0.2) is 37.1 Å². The number of tetrazole rings is 1. The van der Waals surface area contributed by atoms with Crippen LogP contribution in [0.1, 0.15) is 31.1 Å². The standard InChI is InChI=1S/C15H19N7O/c1-15(2,3)12(9-21-7-6-16-10-21)17-14(23)11-4-5-13-18-19-20-22(13)8-11/h4-8,10,12H,9H2,1-3H3,(H,17,23)/t12-/m0/s1. The quantitative estimate of drug-likeness (QED) is 0.781. The molecule has 0 fully saturated rings. The van der Waals surface area contributed by atoms with Gasteiger partial charge in [-0.25, -0.2) is 4.98 Å². The molecular formula is C15H19N7O. The van der Waals surface area contributed by atoms with Crippen LogP contribution in [0, 0.1) is 5.41 Å². The third-order valence-electron chi connectivity index (χ3n) is 3.76. The van der Waals surface area contributed by atoms with Crippen LogP contribution >= 0.6 is 0 Å². The Kier molecular flexibility index (Phi) is 3.81. The molecule has 0 saturated carbocycles. The highest BCUT2D eigenvalue weighted by Gasteiger charge is 2.27. The van der Waals surface area contributed by atoms with Crippen LogP contribution in [0.2, 0.25) is 0 Å². The Hall–Kier alpha value is -2.77. The number of hydrogen-bond acceptors (Lipinski definition) is 5. The highest BCUT2D eigenvalue weighted by Crippen LogP contribution is 2.21. The molecule has 8 heteroatoms. The lowest BCUT2D eigenvalue weighted by molar-refractivity contribution is 0.0892. The van der Waals surface area contributed by atoms with Crippen molar-refractivity contribution < 1.29 is 4.79 Å². The van der Waals surface area contributed by atoms with Crippen molar-refractivity contribution in [3.8, 4) is 0 Å². The van der Waals surface area contributed by atoms with Gasteiger partial charge in [-0.2, -0.15) is 4.52 Å². The number of carbonyl (C=O) groups excluding carboxylic acids is 1. The molecule has 0 spiro atoms. The maximum Gasteiger partial charge on any atom is 0.253 e. The Morgan fingerprint density at radius 2 is 2.17 bits per heavy atom. The van der Waals surface area contributed by atoms with Gasteiger partial charge in [0.2, 0.25) is 0 Å². The molecule has 3 heterocycles. The van der Waals surface area contributed by atoms with Gasteiger partial charge in [0, 0.05) is 25.1 Å². The topological polar surface area (TPSA) is 90.0 Å². The van der Waals surface area contributed by atoms with E-state index in [1.165, 1.54) is 4.52 Å². The highest BCUT2D eigenvalue weighted by molar-refractivity contribution is 5.94. The minimum absolute atomic E-state index is 0.0474. The van der Waals surface area contributed by atoms with Crippen molar-refractivity contribution in [1.82, 2.24) is 34.9 Å². The van der Waals surface area contributed by atoms with Gasteiger partial charge < -0.3 is 9.88 Å². The van der Waals surface area contributed by atoms with Crippen molar-refractivity contribution in [3.63, 3.8) is 0 Å². The van der Waals surface area contributed by atoms with E-state index in [1.54, 1.807) is 30.9 Å². The van der Waals surface area contributed by atoms with Gasteiger partial charge in [-0.3, -0.25) is 4.79 Å². The number of aromatic nitrogens is 6. The number of imidazole rings is 1. The summed E-state index contributed by atoms with van der Waals surface area (Å²) >= 11 is 0. The zero-order chi connectivity index (χ0) is 16.4. The normalized spacial score (nSPS) is 13.2. The predicted octanol–water partition coefficient (Wildman–Crippen LogP) is 1.17. The van der Waals surface area contributed by atoms with Crippen LogP contribution in [0.25, 0.3) is 5.65 Å². The molecule has 3 rings (SSSR count). The molecule has 0 aromatic carbocycles. The van der Waals surface area contributed by atoms with Gasteiger partial charge >= 0.3 is 0 Å². The van der Waals surface area contributed by atoms with E-state index in [-0.39, 0.29) is 17.4 Å². The van der Waals surface area contributed by atoms with Crippen molar-refractivity contribution in [1.29, 1.82) is 0 Å². The second kappa shape index (κ2) is 5.79. The van der Waals surface area contributed by atoms with Crippen molar-refractivity contribution in [3.05, 3.63) is 42.6 Å². The predicted molar refractivity (Wildman–Crippen MR) is 83.7 cm³/mol. The number of hydrogen-bond donors (Lipinski definition) is 1. The fraction of sp³-hybridized carbons (Fsp3) is 0.400. The monoisotopic (exact) mass is 313 g/mol. The Bertz CT molecular complexity index is 801. The van der Waals surface area contributed by atoms with Crippen molar-refractivity contribution in [2.24, 2.45) is 5.41 Å². The van der Waals surface area contributed by atoms with Crippen molar-refractivity contribution in [2.45, 2.75) is 33.4 Å². The van der Waals surface area contributed by atoms with E-state index in [1.807, 2.05) is 10.8 Å². The van der Waals surface area contributed by atoms with E-state index in [2.05, 4.69) is 46.6 Å². The van der Waals surface area contributed by atoms with Gasteiger partial charge in [0.1, 0.15) is 0 Å². The summed E-state index contributed by atoms with van der Waals surface area (Å²) in [4.78, 5) is 16.6. The Labute approximate surface area is 133 Å². The third-order valence-corrected chi connectivity index (χ3v) is 3.76. The summed E-state index contributed by atoms with van der Waals surface area (Å²) in [6.07, 6.45) is 6.99. The number of nitrogens with one attached hydrogen (secondary N) is 1. The summed E-state index contributed by atoms with van der Waals surface area (Å²) in [6.45, 7) is 6.95. The van der Waals surface area contributed by atoms with Crippen LogP contribution in [0.3, 0.4) is 0 Å². The van der Waals surface area contributed by atoms with Crippen LogP contribution in [0.4, 0.5) is 0 Å². The molecule has 1 amide bonds. The summed E-state index contributed by atoms with van der Waals surface area (Å²) in [5.41, 5.74) is 1.02. The molecule has 0 saturated heterocycles. The summed E-state index contributed by atoms with van der Waals surface area (Å²) < 4.78 is 3.44. The maximum absolute atomic E-state index is 12.6. The van der Waals surface area contributed by atoms with Crippen molar-refractivity contribution in [2.75, 3.05) is 0 Å². The van der Waals surface area contributed by atoms with Crippen LogP contribution < -0.4 is 5.32 Å². The number of fused-ring (bicyclic) bond motifs is 1. The van der Waals surface area contributed by atoms with Gasteiger partial charge in [0.05, 0.1) is 17.9 Å². The second-order valence-corrected chi connectivity index (χ2v) is 6.55. The lowest BCUT2D eigenvalue weighted by Crippen LogP contribution is -2.46. The Morgan fingerprint density at radius 1 is 1.35 bits per heavy atom. The second-order valence-electron chi connectivity index (χ2n) is 6.55. The molecule has 120 valence electrons. The number of nitrogens with zero attached hydrogens (tertiary/aromatic N) is 6. The summed E-state index contributed by atoms with van der Waals surface area (Å²) in [7, 11) is 0. The van der Waals surface area contributed by atoms with Crippen molar-refractivity contribution >= 4 is 11.6 Å². The van der Waals surface area contributed by atoms with Gasteiger partial charge in [-0.1, -0.05) is 20.8 Å². The average molecular weight is 313 g/mol. The zero-order valence-corrected chi connectivity index (χ0v) is 13.3. The van der Waals surface area contributed by atoms with E-state index in [4.69, 9.17) is 0 Å². The summed E-state index contributed by atoms with van der Waals surface area (Å²) in [5, 5.41) is 14.3. The first-order valence-corrected chi connectivity index (χ1v) is 7.38. The van der Waals surface area contributed by atoms with Gasteiger partial charge in [-0.05, 0) is 28.0 Å². The summed E-state index contributed by atoms with van der Waals surface area (Å²) in [6, 6.07) is 3.39. The minimum Gasteiger partial charge on any atom is -0.347 e. The van der Waals surface area contributed by atoms with Gasteiger partial charge in [-0.15, -0.1) is 5.10 Å². The lowest BCUT2D eigenvalue weighted by Gasteiger charge is -2.31. The fourth-order valence-electron chi connectivity index (χ4n) is 2.26. The van der Waals surface area contributed by atoms with E-state index < -0.39 is 0 Å². The Morgan fingerprint density at radius 3 is 2.87 bits per heavy atom. The molecule has 1 atom stereocenters. The fourth-order valence-corrected chi connectivity index (χ4v) is 2.26. The maximum atomic E-state index is 12.6. The van der Waals surface area contributed by atoms with Gasteiger partial charge in [0.15, 0.2) is 5.65 Å². The highest BCUT2D eigenvalue weighted by atomic mass is 16.1. The van der Waals surface area contributed by atoms with Crippen LogP contribution in [-0.2, 0) is 6.54 Å². The number of pyridine rings is 1. The average Bonchev–Trinajstić information content (AvgIpc) is 3.15. The van der Waals surface area contributed by atoms with Crippen LogP contribution in [0.5, 0.6) is 0 Å². The first kappa shape index (κ1) is 15.1. The largest absolute Gasteiger partial charge is 0.347 e. The number of amides is 1. The third kappa shape index (κ3) is 3.36. The smallest absolute Gasteiger partial charge is 0.253 e. The Balaban J connectivity index is 1.79.